The van der Waals surface area contributed by atoms with Crippen molar-refractivity contribution in [3.8, 4) is 0 Å². The molecule has 1 saturated heterocycles. The van der Waals surface area contributed by atoms with Crippen LogP contribution in [0.4, 0.5) is 5.82 Å². The summed E-state index contributed by atoms with van der Waals surface area (Å²) in [4.78, 5) is 29.4. The van der Waals surface area contributed by atoms with Gasteiger partial charge in [0.1, 0.15) is 11.4 Å². The van der Waals surface area contributed by atoms with Gasteiger partial charge in [-0.2, -0.15) is 0 Å². The lowest BCUT2D eigenvalue weighted by atomic mass is 10.1. The van der Waals surface area contributed by atoms with Crippen molar-refractivity contribution < 1.29 is 14.7 Å². The molecule has 2 aromatic rings. The zero-order chi connectivity index (χ0) is 14.8. The zero-order valence-electron chi connectivity index (χ0n) is 11.4. The standard InChI is InChI=1S/C15H15N3O3/c19-13-9-18(7-3-6-16-13)14-11(15(20)21)8-10-4-1-2-5-12(10)17-14/h1-2,4-5,8H,3,6-7,9H2,(H,16,19)(H,20,21). The maximum Gasteiger partial charge on any atom is 0.339 e. The fraction of sp³-hybridized carbons (Fsp3) is 0.267. The van der Waals surface area contributed by atoms with Gasteiger partial charge in [0.25, 0.3) is 0 Å². The summed E-state index contributed by atoms with van der Waals surface area (Å²) in [6.07, 6.45) is 0.763. The molecule has 1 aliphatic heterocycles. The van der Waals surface area contributed by atoms with Gasteiger partial charge in [0.05, 0.1) is 12.1 Å². The summed E-state index contributed by atoms with van der Waals surface area (Å²) in [5.74, 6) is -0.787. The van der Waals surface area contributed by atoms with Gasteiger partial charge in [0.2, 0.25) is 5.91 Å². The van der Waals surface area contributed by atoms with Gasteiger partial charge in [0.15, 0.2) is 0 Å². The van der Waals surface area contributed by atoms with Gasteiger partial charge in [-0.1, -0.05) is 18.2 Å². The van der Waals surface area contributed by atoms with E-state index in [4.69, 9.17) is 0 Å². The van der Waals surface area contributed by atoms with E-state index in [1.165, 1.54) is 0 Å². The molecule has 0 unspecified atom stereocenters. The van der Waals surface area contributed by atoms with Crippen LogP contribution in [0.25, 0.3) is 10.9 Å². The smallest absolute Gasteiger partial charge is 0.339 e. The zero-order valence-corrected chi connectivity index (χ0v) is 11.4. The number of carbonyl (C=O) groups is 2. The molecule has 1 aliphatic rings. The third-order valence-corrected chi connectivity index (χ3v) is 3.50. The molecule has 1 aromatic heterocycles. The Hall–Kier alpha value is -2.63. The van der Waals surface area contributed by atoms with Gasteiger partial charge in [-0.05, 0) is 18.6 Å². The minimum atomic E-state index is -1.03. The second kappa shape index (κ2) is 5.40. The summed E-state index contributed by atoms with van der Waals surface area (Å²) in [5, 5.41) is 13.0. The molecule has 0 aliphatic carbocycles. The van der Waals surface area contributed by atoms with E-state index in [0.29, 0.717) is 18.9 Å². The number of nitrogens with one attached hydrogen (secondary N) is 1. The number of pyridine rings is 1. The summed E-state index contributed by atoms with van der Waals surface area (Å²) in [5.41, 5.74) is 0.852. The van der Waals surface area contributed by atoms with E-state index in [2.05, 4.69) is 10.3 Å². The number of carboxylic acid groups (broad SMARTS) is 1. The van der Waals surface area contributed by atoms with Crippen molar-refractivity contribution in [1.29, 1.82) is 0 Å². The van der Waals surface area contributed by atoms with Crippen molar-refractivity contribution in [2.45, 2.75) is 6.42 Å². The predicted molar refractivity (Wildman–Crippen MR) is 78.5 cm³/mol. The number of hydrogen-bond donors (Lipinski definition) is 2. The second-order valence-corrected chi connectivity index (χ2v) is 4.98. The first kappa shape index (κ1) is 13.4. The number of aromatic carboxylic acids is 1. The van der Waals surface area contributed by atoms with Crippen molar-refractivity contribution in [1.82, 2.24) is 10.3 Å². The van der Waals surface area contributed by atoms with Gasteiger partial charge in [0, 0.05) is 18.5 Å². The number of carbonyl (C=O) groups excluding carboxylic acids is 1. The van der Waals surface area contributed by atoms with Crippen molar-refractivity contribution in [3.63, 3.8) is 0 Å². The van der Waals surface area contributed by atoms with Crippen LogP contribution in [0.15, 0.2) is 30.3 Å². The quantitative estimate of drug-likeness (QED) is 0.868. The molecule has 0 radical (unpaired) electrons. The molecule has 6 nitrogen and oxygen atoms in total. The highest BCUT2D eigenvalue weighted by Crippen LogP contribution is 2.24. The Morgan fingerprint density at radius 1 is 1.33 bits per heavy atom. The minimum absolute atomic E-state index is 0.112. The number of hydrogen-bond acceptors (Lipinski definition) is 4. The van der Waals surface area contributed by atoms with Crippen LogP contribution in [0.2, 0.25) is 0 Å². The largest absolute Gasteiger partial charge is 0.478 e. The molecule has 6 heteroatoms. The van der Waals surface area contributed by atoms with Crippen LogP contribution in [0.3, 0.4) is 0 Å². The molecule has 0 saturated carbocycles. The average Bonchev–Trinajstić information content (AvgIpc) is 2.70. The normalized spacial score (nSPS) is 15.6. The summed E-state index contributed by atoms with van der Waals surface area (Å²) >= 11 is 0. The average molecular weight is 285 g/mol. The molecule has 0 spiro atoms. The fourth-order valence-corrected chi connectivity index (χ4v) is 2.49. The number of benzene rings is 1. The van der Waals surface area contributed by atoms with E-state index in [9.17, 15) is 14.7 Å². The highest BCUT2D eigenvalue weighted by Gasteiger charge is 2.22. The maximum atomic E-state index is 11.7. The SMILES string of the molecule is O=C1CN(c2nc3ccccc3cc2C(=O)O)CCCN1. The molecule has 21 heavy (non-hydrogen) atoms. The van der Waals surface area contributed by atoms with E-state index in [0.717, 1.165) is 17.3 Å². The van der Waals surface area contributed by atoms with Crippen LogP contribution >= 0.6 is 0 Å². The summed E-state index contributed by atoms with van der Waals surface area (Å²) in [7, 11) is 0. The van der Waals surface area contributed by atoms with E-state index in [1.54, 1.807) is 11.0 Å². The van der Waals surface area contributed by atoms with Gasteiger partial charge in [-0.15, -0.1) is 0 Å². The number of para-hydroxylation sites is 1. The van der Waals surface area contributed by atoms with E-state index in [-0.39, 0.29) is 18.0 Å². The molecule has 1 fully saturated rings. The first-order valence-corrected chi connectivity index (χ1v) is 6.80. The number of carboxylic acids is 1. The molecule has 1 aromatic carbocycles. The number of rotatable bonds is 2. The Labute approximate surface area is 121 Å². The lowest BCUT2D eigenvalue weighted by Crippen LogP contribution is -2.34. The third-order valence-electron chi connectivity index (χ3n) is 3.50. The van der Waals surface area contributed by atoms with Crippen molar-refractivity contribution in [2.75, 3.05) is 24.5 Å². The number of fused-ring (bicyclic) bond motifs is 1. The first-order valence-electron chi connectivity index (χ1n) is 6.80. The van der Waals surface area contributed by atoms with Crippen molar-refractivity contribution >= 4 is 28.6 Å². The Balaban J connectivity index is 2.12. The molecular formula is C15H15N3O3. The van der Waals surface area contributed by atoms with Gasteiger partial charge < -0.3 is 15.3 Å². The van der Waals surface area contributed by atoms with Crippen LogP contribution in [-0.2, 0) is 4.79 Å². The van der Waals surface area contributed by atoms with Crippen LogP contribution in [0.1, 0.15) is 16.8 Å². The van der Waals surface area contributed by atoms with Gasteiger partial charge >= 0.3 is 5.97 Å². The first-order chi connectivity index (χ1) is 10.1. The summed E-state index contributed by atoms with van der Waals surface area (Å²) in [6.45, 7) is 1.33. The van der Waals surface area contributed by atoms with E-state index in [1.807, 2.05) is 24.3 Å². The predicted octanol–water partition coefficient (Wildman–Crippen LogP) is 1.26. The molecule has 0 bridgehead atoms. The van der Waals surface area contributed by atoms with Gasteiger partial charge in [-0.3, -0.25) is 4.79 Å². The highest BCUT2D eigenvalue weighted by molar-refractivity contribution is 5.99. The minimum Gasteiger partial charge on any atom is -0.478 e. The maximum absolute atomic E-state index is 11.7. The second-order valence-electron chi connectivity index (χ2n) is 4.98. The van der Waals surface area contributed by atoms with E-state index < -0.39 is 5.97 Å². The van der Waals surface area contributed by atoms with Crippen molar-refractivity contribution in [2.24, 2.45) is 0 Å². The Morgan fingerprint density at radius 2 is 2.14 bits per heavy atom. The number of aromatic nitrogens is 1. The Kier molecular flexibility index (Phi) is 3.43. The lowest BCUT2D eigenvalue weighted by molar-refractivity contribution is -0.119. The van der Waals surface area contributed by atoms with Gasteiger partial charge in [-0.25, -0.2) is 9.78 Å². The molecule has 3 rings (SSSR count). The molecule has 0 atom stereocenters. The molecule has 2 N–H and O–H groups in total. The fourth-order valence-electron chi connectivity index (χ4n) is 2.49. The number of amides is 1. The topological polar surface area (TPSA) is 82.5 Å². The van der Waals surface area contributed by atoms with E-state index >= 15 is 0 Å². The van der Waals surface area contributed by atoms with Crippen molar-refractivity contribution in [3.05, 3.63) is 35.9 Å². The molecule has 2 heterocycles. The Morgan fingerprint density at radius 3 is 2.95 bits per heavy atom. The van der Waals surface area contributed by atoms with Crippen LogP contribution in [0, 0.1) is 0 Å². The summed E-state index contributed by atoms with van der Waals surface area (Å²) in [6, 6.07) is 8.97. The van der Waals surface area contributed by atoms with Crippen LogP contribution in [0.5, 0.6) is 0 Å². The lowest BCUT2D eigenvalue weighted by Gasteiger charge is -2.22. The monoisotopic (exact) mass is 285 g/mol. The third kappa shape index (κ3) is 2.65. The molecule has 108 valence electrons. The summed E-state index contributed by atoms with van der Waals surface area (Å²) < 4.78 is 0. The Bertz CT molecular complexity index is 714. The van der Waals surface area contributed by atoms with Crippen LogP contribution < -0.4 is 10.2 Å². The highest BCUT2D eigenvalue weighted by atomic mass is 16.4. The molecular weight excluding hydrogens is 270 g/mol. The molecule has 1 amide bonds. The number of anilines is 1. The van der Waals surface area contributed by atoms with Crippen LogP contribution in [-0.4, -0.2) is 41.6 Å². The number of nitrogens with zero attached hydrogens (tertiary/aromatic N) is 2.